The molecule has 7 rings (SSSR count). The van der Waals surface area contributed by atoms with E-state index in [1.807, 2.05) is 18.1 Å². The van der Waals surface area contributed by atoms with Crippen molar-refractivity contribution < 1.29 is 38.5 Å². The lowest BCUT2D eigenvalue weighted by Crippen LogP contribution is -2.64. The third-order valence-electron chi connectivity index (χ3n) is 14.2. The maximum Gasteiger partial charge on any atom is 0.414 e. The number of carbonyl (C=O) groups excluding carboxylic acids is 3. The zero-order chi connectivity index (χ0) is 37.5. The van der Waals surface area contributed by atoms with Crippen molar-refractivity contribution in [3.8, 4) is 0 Å². The molecule has 0 spiro atoms. The van der Waals surface area contributed by atoms with Gasteiger partial charge in [0.1, 0.15) is 23.3 Å². The molecule has 4 saturated carbocycles. The largest absolute Gasteiger partial charge is 0.477 e. The molecule has 13 heteroatoms. The first kappa shape index (κ1) is 36.9. The molecule has 5 fully saturated rings. The molecule has 3 N–H and O–H groups in total. The molecule has 0 radical (unpaired) electrons. The number of carboxylic acids is 1. The summed E-state index contributed by atoms with van der Waals surface area (Å²) in [6.45, 7) is 8.92. The van der Waals surface area contributed by atoms with Crippen LogP contribution in [0.5, 0.6) is 0 Å². The van der Waals surface area contributed by atoms with E-state index in [0.717, 1.165) is 31.7 Å². The Morgan fingerprint density at radius 2 is 1.73 bits per heavy atom. The highest BCUT2D eigenvalue weighted by Crippen LogP contribution is 2.67. The average molecular weight is 740 g/mol. The number of aromatic carboxylic acids is 1. The summed E-state index contributed by atoms with van der Waals surface area (Å²) in [6.07, 6.45) is 6.56. The number of carbonyl (C=O) groups is 4. The van der Waals surface area contributed by atoms with Crippen LogP contribution in [0.3, 0.4) is 0 Å². The van der Waals surface area contributed by atoms with Crippen LogP contribution in [0.15, 0.2) is 23.1 Å². The van der Waals surface area contributed by atoms with E-state index in [1.165, 1.54) is 6.20 Å². The molecule has 1 saturated heterocycles. The molecule has 2 amide bonds. The summed E-state index contributed by atoms with van der Waals surface area (Å²) < 4.78 is 22.9. The number of thioether (sulfide) groups is 1. The SMILES string of the molecule is CS[C@]1(C)C[C@@H](OC(=O)NC(=O)C2CCN(c3cc4c(cc3F)c(=O)c(C(=O)O)cn4C3CC3)CC2)[C@@]2(C)C3C(=O)CCC3(CC[C@H]2C)[C@@H](C)[C@@H]1O. The van der Waals surface area contributed by atoms with Gasteiger partial charge in [-0.15, -0.1) is 0 Å². The fraction of sp³-hybridized carbons (Fsp3) is 0.667. The highest BCUT2D eigenvalue weighted by atomic mass is 32.2. The lowest BCUT2D eigenvalue weighted by Gasteiger charge is -2.61. The van der Waals surface area contributed by atoms with E-state index in [0.29, 0.717) is 50.7 Å². The van der Waals surface area contributed by atoms with Crippen LogP contribution in [0.4, 0.5) is 14.9 Å². The molecule has 2 heterocycles. The number of rotatable bonds is 6. The van der Waals surface area contributed by atoms with E-state index < -0.39 is 57.5 Å². The van der Waals surface area contributed by atoms with Crippen LogP contribution < -0.4 is 15.6 Å². The Kier molecular flexibility index (Phi) is 9.32. The molecule has 1 aromatic carbocycles. The Morgan fingerprint density at radius 3 is 2.37 bits per heavy atom. The second-order valence-electron chi connectivity index (χ2n) is 16.7. The van der Waals surface area contributed by atoms with Gasteiger partial charge >= 0.3 is 12.1 Å². The highest BCUT2D eigenvalue weighted by molar-refractivity contribution is 8.00. The van der Waals surface area contributed by atoms with Gasteiger partial charge in [0.05, 0.1) is 17.3 Å². The van der Waals surface area contributed by atoms with E-state index in [9.17, 15) is 34.2 Å². The predicted octanol–water partition coefficient (Wildman–Crippen LogP) is 5.94. The number of Topliss-reactive ketones (excluding diaryl/α,β-unsaturated/α-hetero) is 1. The second-order valence-corrected chi connectivity index (χ2v) is 18.0. The number of carboxylic acid groups (broad SMARTS) is 1. The van der Waals surface area contributed by atoms with E-state index in [4.69, 9.17) is 4.74 Å². The molecular weight excluding hydrogens is 690 g/mol. The van der Waals surface area contributed by atoms with Crippen LogP contribution in [-0.4, -0.2) is 74.8 Å². The highest BCUT2D eigenvalue weighted by Gasteiger charge is 2.68. The summed E-state index contributed by atoms with van der Waals surface area (Å²) in [5.74, 6) is -3.22. The summed E-state index contributed by atoms with van der Waals surface area (Å²) in [7, 11) is 0. The van der Waals surface area contributed by atoms with Crippen molar-refractivity contribution in [3.05, 3.63) is 39.9 Å². The monoisotopic (exact) mass is 739 g/mol. The number of aliphatic hydroxyl groups excluding tert-OH is 1. The number of imide groups is 1. The molecule has 2 bridgehead atoms. The van der Waals surface area contributed by atoms with Gasteiger partial charge in [-0.05, 0) is 87.5 Å². The molecule has 1 aromatic heterocycles. The number of aliphatic hydroxyl groups is 1. The van der Waals surface area contributed by atoms with Crippen molar-refractivity contribution in [1.29, 1.82) is 0 Å². The summed E-state index contributed by atoms with van der Waals surface area (Å²) >= 11 is 1.54. The van der Waals surface area contributed by atoms with Crippen molar-refractivity contribution >= 4 is 52.1 Å². The number of ether oxygens (including phenoxy) is 1. The molecule has 1 aliphatic heterocycles. The van der Waals surface area contributed by atoms with Gasteiger partial charge in [-0.2, -0.15) is 11.8 Å². The van der Waals surface area contributed by atoms with Gasteiger partial charge in [0.25, 0.3) is 0 Å². The molecular formula is C39H50FN3O8S. The van der Waals surface area contributed by atoms with Crippen molar-refractivity contribution in [2.24, 2.45) is 34.5 Å². The van der Waals surface area contributed by atoms with Crippen molar-refractivity contribution in [2.45, 2.75) is 108 Å². The summed E-state index contributed by atoms with van der Waals surface area (Å²) in [4.78, 5) is 67.2. The summed E-state index contributed by atoms with van der Waals surface area (Å²) in [5, 5.41) is 23.9. The van der Waals surface area contributed by atoms with E-state index in [1.54, 1.807) is 22.4 Å². The minimum atomic E-state index is -1.35. The van der Waals surface area contributed by atoms with Crippen molar-refractivity contribution in [1.82, 2.24) is 9.88 Å². The first-order chi connectivity index (χ1) is 24.6. The number of hydrogen-bond donors (Lipinski definition) is 3. The predicted molar refractivity (Wildman–Crippen MR) is 195 cm³/mol. The number of nitrogens with zero attached hydrogens (tertiary/aromatic N) is 2. The van der Waals surface area contributed by atoms with Gasteiger partial charge in [0, 0.05) is 65.6 Å². The number of alkyl carbamates (subject to hydrolysis) is 1. The first-order valence-corrected chi connectivity index (χ1v) is 19.9. The van der Waals surface area contributed by atoms with Crippen LogP contribution in [0.1, 0.15) is 102 Å². The number of benzene rings is 1. The lowest BCUT2D eigenvalue weighted by molar-refractivity contribution is -0.179. The van der Waals surface area contributed by atoms with Crippen LogP contribution >= 0.6 is 11.8 Å². The molecule has 2 unspecified atom stereocenters. The molecule has 4 aliphatic carbocycles. The number of halogens is 1. The Hall–Kier alpha value is -3.45. The Bertz CT molecular complexity index is 1890. The summed E-state index contributed by atoms with van der Waals surface area (Å²) in [6, 6.07) is 2.75. The Balaban J connectivity index is 1.07. The molecule has 8 atom stereocenters. The van der Waals surface area contributed by atoms with Gasteiger partial charge in [0.2, 0.25) is 11.3 Å². The molecule has 11 nitrogen and oxygen atoms in total. The van der Waals surface area contributed by atoms with Gasteiger partial charge in [-0.3, -0.25) is 19.7 Å². The van der Waals surface area contributed by atoms with Gasteiger partial charge in [-0.25, -0.2) is 14.0 Å². The third kappa shape index (κ3) is 5.75. The first-order valence-electron chi connectivity index (χ1n) is 18.7. The van der Waals surface area contributed by atoms with E-state index in [2.05, 4.69) is 26.1 Å². The van der Waals surface area contributed by atoms with Crippen LogP contribution in [-0.2, 0) is 14.3 Å². The maximum absolute atomic E-state index is 15.5. The number of amides is 2. The zero-order valence-electron chi connectivity index (χ0n) is 30.6. The Morgan fingerprint density at radius 1 is 1.04 bits per heavy atom. The number of aromatic nitrogens is 1. The number of nitrogens with one attached hydrogen (secondary N) is 1. The Labute approximate surface area is 307 Å². The van der Waals surface area contributed by atoms with Crippen LogP contribution in [0.25, 0.3) is 10.9 Å². The molecule has 5 aliphatic rings. The van der Waals surface area contributed by atoms with Crippen LogP contribution in [0.2, 0.25) is 0 Å². The average Bonchev–Trinajstić information content (AvgIpc) is 3.90. The van der Waals surface area contributed by atoms with Crippen LogP contribution in [0, 0.1) is 40.3 Å². The smallest absolute Gasteiger partial charge is 0.414 e. The third-order valence-corrected chi connectivity index (χ3v) is 15.5. The summed E-state index contributed by atoms with van der Waals surface area (Å²) in [5.41, 5.74) is -1.42. The number of fused-ring (bicyclic) bond motifs is 1. The second kappa shape index (κ2) is 13.1. The molecule has 282 valence electrons. The minimum Gasteiger partial charge on any atom is -0.477 e. The maximum atomic E-state index is 15.5. The number of piperidine rings is 1. The lowest BCUT2D eigenvalue weighted by atomic mass is 9.45. The van der Waals surface area contributed by atoms with Crippen molar-refractivity contribution in [3.63, 3.8) is 0 Å². The van der Waals surface area contributed by atoms with Crippen molar-refractivity contribution in [2.75, 3.05) is 24.2 Å². The quantitative estimate of drug-likeness (QED) is 0.325. The number of pyridine rings is 1. The normalized spacial score (nSPS) is 35.1. The topological polar surface area (TPSA) is 155 Å². The fourth-order valence-electron chi connectivity index (χ4n) is 10.6. The molecule has 2 aromatic rings. The van der Waals surface area contributed by atoms with Gasteiger partial charge in [0.15, 0.2) is 0 Å². The standard InChI is InChI=1S/C39H50FN3O8S/c1-20-8-12-39-13-9-29(44)32(39)38(20,4)30(18-37(3,52-5)33(46)21(39)2)51-36(50)41-34(47)22-10-14-42(15-11-22)28-17-27-24(16-26(28)40)31(45)25(35(48)49)19-43(27)23-6-7-23/h16-17,19-23,30,32-33,46H,6-15,18H2,1-5H3,(H,48,49)(H,41,47,50)/t20-,21+,30-,32?,33+,37-,38+,39?/m1/s1. The van der Waals surface area contributed by atoms with Gasteiger partial charge < -0.3 is 24.4 Å². The number of ketones is 1. The van der Waals surface area contributed by atoms with E-state index >= 15 is 4.39 Å². The zero-order valence-corrected chi connectivity index (χ0v) is 31.4. The fourth-order valence-corrected chi connectivity index (χ4v) is 11.3. The van der Waals surface area contributed by atoms with E-state index in [-0.39, 0.29) is 51.6 Å². The molecule has 52 heavy (non-hydrogen) atoms. The number of hydrogen-bond acceptors (Lipinski definition) is 9. The number of anilines is 1. The van der Waals surface area contributed by atoms with Gasteiger partial charge in [-0.1, -0.05) is 20.8 Å². The minimum absolute atomic E-state index is 0.0199.